The Morgan fingerprint density at radius 2 is 2.11 bits per heavy atom. The summed E-state index contributed by atoms with van der Waals surface area (Å²) < 4.78 is 0. The van der Waals surface area contributed by atoms with Gasteiger partial charge < -0.3 is 5.32 Å². The van der Waals surface area contributed by atoms with Crippen molar-refractivity contribution in [3.05, 3.63) is 22.4 Å². The van der Waals surface area contributed by atoms with Crippen LogP contribution < -0.4 is 5.32 Å². The molecule has 1 saturated carbocycles. The number of nitrogens with zero attached hydrogens (tertiary/aromatic N) is 1. The minimum atomic E-state index is 0.891. The van der Waals surface area contributed by atoms with E-state index >= 15 is 0 Å². The van der Waals surface area contributed by atoms with Gasteiger partial charge in [-0.3, -0.25) is 4.90 Å². The second kappa shape index (κ2) is 7.93. The number of hydrogen-bond donors (Lipinski definition) is 1. The Morgan fingerprint density at radius 1 is 1.28 bits per heavy atom. The minimum Gasteiger partial charge on any atom is -0.320 e. The highest BCUT2D eigenvalue weighted by atomic mass is 32.1. The van der Waals surface area contributed by atoms with Crippen molar-refractivity contribution in [2.45, 2.75) is 51.1 Å². The van der Waals surface area contributed by atoms with Crippen LogP contribution in [0.4, 0.5) is 0 Å². The van der Waals surface area contributed by atoms with Crippen molar-refractivity contribution in [2.24, 2.45) is 0 Å². The number of thiophene rings is 1. The van der Waals surface area contributed by atoms with E-state index in [2.05, 4.69) is 27.0 Å². The summed E-state index contributed by atoms with van der Waals surface area (Å²) in [7, 11) is 2.04. The molecule has 2 rings (SSSR count). The van der Waals surface area contributed by atoms with E-state index in [0.29, 0.717) is 0 Å². The molecule has 0 unspecified atom stereocenters. The average molecular weight is 266 g/mol. The summed E-state index contributed by atoms with van der Waals surface area (Å²) in [6.45, 7) is 3.63. The largest absolute Gasteiger partial charge is 0.320 e. The molecule has 0 bridgehead atoms. The van der Waals surface area contributed by atoms with Gasteiger partial charge in [0, 0.05) is 12.6 Å². The molecular weight excluding hydrogens is 240 g/mol. The van der Waals surface area contributed by atoms with Gasteiger partial charge in [0.2, 0.25) is 0 Å². The standard InChI is InChI=1S/C15H26N2S/c1-16-9-4-2-3-5-10-17(15-6-7-15)12-14-8-11-18-13-14/h8,11,13,15-16H,2-7,9-10,12H2,1H3. The van der Waals surface area contributed by atoms with E-state index in [1.807, 2.05) is 18.4 Å². The highest BCUT2D eigenvalue weighted by Crippen LogP contribution is 2.29. The number of hydrogen-bond acceptors (Lipinski definition) is 3. The van der Waals surface area contributed by atoms with E-state index in [1.54, 1.807) is 0 Å². The Hall–Kier alpha value is -0.380. The van der Waals surface area contributed by atoms with Crippen LogP contribution in [0.5, 0.6) is 0 Å². The molecule has 18 heavy (non-hydrogen) atoms. The molecular formula is C15H26N2S. The van der Waals surface area contributed by atoms with Crippen molar-refractivity contribution >= 4 is 11.3 Å². The van der Waals surface area contributed by atoms with Gasteiger partial charge in [0.25, 0.3) is 0 Å². The number of rotatable bonds is 10. The third-order valence-electron chi connectivity index (χ3n) is 3.65. The molecule has 0 aliphatic heterocycles. The third kappa shape index (κ3) is 5.09. The Labute approximate surface area is 115 Å². The van der Waals surface area contributed by atoms with Crippen LogP contribution in [-0.4, -0.2) is 31.1 Å². The van der Waals surface area contributed by atoms with Crippen LogP contribution in [0.15, 0.2) is 16.8 Å². The minimum absolute atomic E-state index is 0.891. The molecule has 0 atom stereocenters. The second-order valence-electron chi connectivity index (χ2n) is 5.35. The highest BCUT2D eigenvalue weighted by molar-refractivity contribution is 7.07. The lowest BCUT2D eigenvalue weighted by Gasteiger charge is -2.21. The van der Waals surface area contributed by atoms with Crippen LogP contribution >= 0.6 is 11.3 Å². The van der Waals surface area contributed by atoms with Crippen molar-refractivity contribution < 1.29 is 0 Å². The van der Waals surface area contributed by atoms with Gasteiger partial charge in [0.05, 0.1) is 0 Å². The summed E-state index contributed by atoms with van der Waals surface area (Å²) in [5.74, 6) is 0. The van der Waals surface area contributed by atoms with Gasteiger partial charge in [-0.05, 0) is 68.2 Å². The van der Waals surface area contributed by atoms with E-state index in [9.17, 15) is 0 Å². The fourth-order valence-corrected chi connectivity index (χ4v) is 3.08. The van der Waals surface area contributed by atoms with Crippen molar-refractivity contribution in [1.82, 2.24) is 10.2 Å². The van der Waals surface area contributed by atoms with Crippen molar-refractivity contribution in [1.29, 1.82) is 0 Å². The van der Waals surface area contributed by atoms with Crippen molar-refractivity contribution in [2.75, 3.05) is 20.1 Å². The monoisotopic (exact) mass is 266 g/mol. The zero-order chi connectivity index (χ0) is 12.6. The van der Waals surface area contributed by atoms with Crippen LogP contribution in [0.2, 0.25) is 0 Å². The van der Waals surface area contributed by atoms with Crippen LogP contribution in [0.1, 0.15) is 44.1 Å². The predicted octanol–water partition coefficient (Wildman–Crippen LogP) is 3.49. The quantitative estimate of drug-likeness (QED) is 0.652. The number of unbranched alkanes of at least 4 members (excludes halogenated alkanes) is 3. The third-order valence-corrected chi connectivity index (χ3v) is 4.38. The van der Waals surface area contributed by atoms with Crippen molar-refractivity contribution in [3.63, 3.8) is 0 Å². The Bertz CT molecular complexity index is 306. The lowest BCUT2D eigenvalue weighted by Crippen LogP contribution is -2.26. The predicted molar refractivity (Wildman–Crippen MR) is 80.1 cm³/mol. The van der Waals surface area contributed by atoms with Crippen LogP contribution in [-0.2, 0) is 6.54 Å². The lowest BCUT2D eigenvalue weighted by atomic mass is 10.2. The second-order valence-corrected chi connectivity index (χ2v) is 6.13. The molecule has 102 valence electrons. The Kier molecular flexibility index (Phi) is 6.18. The molecule has 0 aromatic carbocycles. The first-order chi connectivity index (χ1) is 8.90. The molecule has 0 spiro atoms. The summed E-state index contributed by atoms with van der Waals surface area (Å²) >= 11 is 1.82. The first-order valence-electron chi connectivity index (χ1n) is 7.30. The summed E-state index contributed by atoms with van der Waals surface area (Å²) in [5.41, 5.74) is 1.50. The lowest BCUT2D eigenvalue weighted by molar-refractivity contribution is 0.248. The summed E-state index contributed by atoms with van der Waals surface area (Å²) in [4.78, 5) is 2.69. The van der Waals surface area contributed by atoms with E-state index < -0.39 is 0 Å². The average Bonchev–Trinajstić information content (AvgIpc) is 3.10. The Morgan fingerprint density at radius 3 is 2.78 bits per heavy atom. The molecule has 2 nitrogen and oxygen atoms in total. The van der Waals surface area contributed by atoms with Gasteiger partial charge in [-0.2, -0.15) is 11.3 Å². The normalized spacial score (nSPS) is 15.4. The smallest absolute Gasteiger partial charge is 0.0244 e. The van der Waals surface area contributed by atoms with E-state index in [-0.39, 0.29) is 0 Å². The first-order valence-corrected chi connectivity index (χ1v) is 8.24. The molecule has 1 N–H and O–H groups in total. The van der Waals surface area contributed by atoms with Gasteiger partial charge >= 0.3 is 0 Å². The molecule has 0 radical (unpaired) electrons. The molecule has 0 saturated heterocycles. The van der Waals surface area contributed by atoms with Crippen molar-refractivity contribution in [3.8, 4) is 0 Å². The maximum Gasteiger partial charge on any atom is 0.0244 e. The van der Waals surface area contributed by atoms with Gasteiger partial charge in [-0.25, -0.2) is 0 Å². The highest BCUT2D eigenvalue weighted by Gasteiger charge is 2.28. The molecule has 1 heterocycles. The zero-order valence-corrected chi connectivity index (χ0v) is 12.3. The van der Waals surface area contributed by atoms with E-state index in [0.717, 1.165) is 6.04 Å². The molecule has 1 fully saturated rings. The summed E-state index contributed by atoms with van der Waals surface area (Å²) in [5, 5.41) is 7.70. The van der Waals surface area contributed by atoms with Gasteiger partial charge in [-0.15, -0.1) is 0 Å². The first kappa shape index (κ1) is 14.0. The fraction of sp³-hybridized carbons (Fsp3) is 0.733. The zero-order valence-electron chi connectivity index (χ0n) is 11.5. The van der Waals surface area contributed by atoms with Crippen LogP contribution in [0, 0.1) is 0 Å². The maximum absolute atomic E-state index is 3.22. The Balaban J connectivity index is 1.61. The molecule has 1 aliphatic carbocycles. The van der Waals surface area contributed by atoms with Gasteiger partial charge in [0.15, 0.2) is 0 Å². The molecule has 3 heteroatoms. The molecule has 1 aromatic heterocycles. The molecule has 1 aliphatic rings. The van der Waals surface area contributed by atoms with E-state index in [1.165, 1.54) is 63.7 Å². The fourth-order valence-electron chi connectivity index (χ4n) is 2.42. The number of nitrogens with one attached hydrogen (secondary N) is 1. The maximum atomic E-state index is 3.22. The van der Waals surface area contributed by atoms with Crippen LogP contribution in [0.3, 0.4) is 0 Å². The SMILES string of the molecule is CNCCCCCCN(Cc1ccsc1)C1CC1. The molecule has 0 amide bonds. The topological polar surface area (TPSA) is 15.3 Å². The molecule has 1 aromatic rings. The summed E-state index contributed by atoms with van der Waals surface area (Å²) in [6, 6.07) is 3.16. The van der Waals surface area contributed by atoms with Gasteiger partial charge in [0.1, 0.15) is 0 Å². The van der Waals surface area contributed by atoms with Gasteiger partial charge in [-0.1, -0.05) is 12.8 Å². The van der Waals surface area contributed by atoms with Crippen LogP contribution in [0.25, 0.3) is 0 Å². The van der Waals surface area contributed by atoms with E-state index in [4.69, 9.17) is 0 Å². The summed E-state index contributed by atoms with van der Waals surface area (Å²) in [6.07, 6.45) is 8.29.